The molecular weight excluding hydrogens is 170 g/mol. The fourth-order valence-corrected chi connectivity index (χ4v) is 1.12. The Bertz CT molecular complexity index is 309. The molecule has 0 aliphatic carbocycles. The third-order valence-corrected chi connectivity index (χ3v) is 1.92. The van der Waals surface area contributed by atoms with E-state index in [9.17, 15) is 0 Å². The predicted molar refractivity (Wildman–Crippen MR) is 54.6 cm³/mol. The van der Waals surface area contributed by atoms with Crippen LogP contribution in [0.3, 0.4) is 0 Å². The first-order valence-corrected chi connectivity index (χ1v) is 3.93. The minimum absolute atomic E-state index is 0.469. The molecule has 0 saturated carbocycles. The van der Waals surface area contributed by atoms with E-state index in [0.717, 1.165) is 11.1 Å². The molecule has 0 bridgehead atoms. The van der Waals surface area contributed by atoms with Gasteiger partial charge in [0.2, 0.25) is 0 Å². The molecule has 0 aliphatic heterocycles. The molecule has 64 valence electrons. The van der Waals surface area contributed by atoms with E-state index in [0.29, 0.717) is 10.7 Å². The topological polar surface area (TPSA) is 64.1 Å². The van der Waals surface area contributed by atoms with Crippen molar-refractivity contribution in [1.82, 2.24) is 5.43 Å². The first-order valence-electron chi connectivity index (χ1n) is 3.52. The number of rotatable bonds is 1. The van der Waals surface area contributed by atoms with E-state index in [1.807, 2.05) is 25.1 Å². The minimum atomic E-state index is 0.469. The Kier molecular flexibility index (Phi) is 2.62. The van der Waals surface area contributed by atoms with Crippen molar-refractivity contribution >= 4 is 22.9 Å². The SMILES string of the molecule is Cc1ccc(N)c(C(=S)NN)c1. The lowest BCUT2D eigenvalue weighted by Crippen LogP contribution is -2.29. The number of benzene rings is 1. The van der Waals surface area contributed by atoms with Gasteiger partial charge in [-0.2, -0.15) is 0 Å². The first kappa shape index (κ1) is 8.96. The molecule has 4 heteroatoms. The van der Waals surface area contributed by atoms with Gasteiger partial charge in [-0.1, -0.05) is 23.8 Å². The van der Waals surface area contributed by atoms with Crippen LogP contribution in [0.1, 0.15) is 11.1 Å². The number of anilines is 1. The maximum atomic E-state index is 5.68. The summed E-state index contributed by atoms with van der Waals surface area (Å²) in [6.45, 7) is 1.97. The molecule has 1 aromatic rings. The van der Waals surface area contributed by atoms with Crippen molar-refractivity contribution in [3.63, 3.8) is 0 Å². The summed E-state index contributed by atoms with van der Waals surface area (Å²) in [6.07, 6.45) is 0. The quantitative estimate of drug-likeness (QED) is 0.258. The average Bonchev–Trinajstić information content (AvgIpc) is 2.08. The second kappa shape index (κ2) is 3.51. The van der Waals surface area contributed by atoms with E-state index in [4.69, 9.17) is 23.8 Å². The maximum absolute atomic E-state index is 5.68. The average molecular weight is 181 g/mol. The predicted octanol–water partition coefficient (Wildman–Crippen LogP) is 0.716. The lowest BCUT2D eigenvalue weighted by molar-refractivity contribution is 1.05. The number of nitrogens with two attached hydrogens (primary N) is 2. The van der Waals surface area contributed by atoms with Crippen molar-refractivity contribution in [2.45, 2.75) is 6.92 Å². The zero-order valence-electron chi connectivity index (χ0n) is 6.79. The van der Waals surface area contributed by atoms with Crippen LogP contribution in [0.15, 0.2) is 18.2 Å². The van der Waals surface area contributed by atoms with Crippen LogP contribution in [0.25, 0.3) is 0 Å². The van der Waals surface area contributed by atoms with Gasteiger partial charge < -0.3 is 11.2 Å². The van der Waals surface area contributed by atoms with Gasteiger partial charge in [-0.25, -0.2) is 5.84 Å². The third-order valence-electron chi connectivity index (χ3n) is 1.58. The van der Waals surface area contributed by atoms with E-state index in [1.165, 1.54) is 0 Å². The molecule has 1 aromatic carbocycles. The highest BCUT2D eigenvalue weighted by molar-refractivity contribution is 7.80. The lowest BCUT2D eigenvalue weighted by Gasteiger charge is -2.06. The van der Waals surface area contributed by atoms with Crippen LogP contribution in [0.4, 0.5) is 5.69 Å². The van der Waals surface area contributed by atoms with Gasteiger partial charge in [0.05, 0.1) is 0 Å². The summed E-state index contributed by atoms with van der Waals surface area (Å²) < 4.78 is 0. The molecule has 3 nitrogen and oxygen atoms in total. The van der Waals surface area contributed by atoms with Crippen LogP contribution in [0.2, 0.25) is 0 Å². The van der Waals surface area contributed by atoms with Crippen LogP contribution in [0.5, 0.6) is 0 Å². The van der Waals surface area contributed by atoms with Gasteiger partial charge in [0.25, 0.3) is 0 Å². The number of thiocarbonyl (C=S) groups is 1. The molecule has 0 spiro atoms. The van der Waals surface area contributed by atoms with Crippen molar-refractivity contribution in [3.8, 4) is 0 Å². The Morgan fingerprint density at radius 3 is 2.75 bits per heavy atom. The summed E-state index contributed by atoms with van der Waals surface area (Å²) in [6, 6.07) is 5.64. The van der Waals surface area contributed by atoms with Gasteiger partial charge >= 0.3 is 0 Å². The molecule has 0 radical (unpaired) electrons. The van der Waals surface area contributed by atoms with Crippen LogP contribution in [-0.4, -0.2) is 4.99 Å². The molecule has 0 aliphatic rings. The summed E-state index contributed by atoms with van der Waals surface area (Å²) in [5.41, 5.74) is 10.6. The monoisotopic (exact) mass is 181 g/mol. The Balaban J connectivity index is 3.13. The van der Waals surface area contributed by atoms with Gasteiger partial charge in [0, 0.05) is 11.3 Å². The van der Waals surface area contributed by atoms with Crippen molar-refractivity contribution in [3.05, 3.63) is 29.3 Å². The summed E-state index contributed by atoms with van der Waals surface area (Å²) in [5, 5.41) is 0. The lowest BCUT2D eigenvalue weighted by atomic mass is 10.1. The standard InChI is InChI=1S/C8H11N3S/c1-5-2-3-7(9)6(4-5)8(12)11-10/h2-4H,9-10H2,1H3,(H,11,12). The number of hydrazine groups is 1. The second-order valence-electron chi connectivity index (χ2n) is 2.56. The zero-order valence-corrected chi connectivity index (χ0v) is 7.61. The van der Waals surface area contributed by atoms with Crippen molar-refractivity contribution in [1.29, 1.82) is 0 Å². The number of hydrogen-bond donors (Lipinski definition) is 3. The van der Waals surface area contributed by atoms with Crippen molar-refractivity contribution in [2.75, 3.05) is 5.73 Å². The smallest absolute Gasteiger partial charge is 0.122 e. The fraction of sp³-hybridized carbons (Fsp3) is 0.125. The third kappa shape index (κ3) is 1.72. The van der Waals surface area contributed by atoms with E-state index < -0.39 is 0 Å². The Labute approximate surface area is 76.7 Å². The van der Waals surface area contributed by atoms with Gasteiger partial charge in [-0.3, -0.25) is 0 Å². The van der Waals surface area contributed by atoms with Gasteiger partial charge in [0.1, 0.15) is 4.99 Å². The van der Waals surface area contributed by atoms with E-state index in [-0.39, 0.29) is 0 Å². The summed E-state index contributed by atoms with van der Waals surface area (Å²) in [5.74, 6) is 5.18. The molecule has 0 aromatic heterocycles. The number of hydrogen-bond acceptors (Lipinski definition) is 3. The molecule has 5 N–H and O–H groups in total. The molecule has 0 atom stereocenters. The number of nitrogen functional groups attached to an aromatic ring is 1. The van der Waals surface area contributed by atoms with Crippen LogP contribution in [-0.2, 0) is 0 Å². The zero-order chi connectivity index (χ0) is 9.14. The van der Waals surface area contributed by atoms with Crippen molar-refractivity contribution < 1.29 is 0 Å². The van der Waals surface area contributed by atoms with Crippen LogP contribution in [0, 0.1) is 6.92 Å². The van der Waals surface area contributed by atoms with E-state index in [2.05, 4.69) is 5.43 Å². The normalized spacial score (nSPS) is 9.50. The molecule has 12 heavy (non-hydrogen) atoms. The first-order chi connectivity index (χ1) is 5.65. The van der Waals surface area contributed by atoms with Gasteiger partial charge in [-0.15, -0.1) is 0 Å². The van der Waals surface area contributed by atoms with Crippen molar-refractivity contribution in [2.24, 2.45) is 5.84 Å². The van der Waals surface area contributed by atoms with E-state index >= 15 is 0 Å². The molecular formula is C8H11N3S. The summed E-state index contributed by atoms with van der Waals surface area (Å²) in [7, 11) is 0. The Morgan fingerprint density at radius 2 is 2.17 bits per heavy atom. The Hall–Kier alpha value is -1.13. The second-order valence-corrected chi connectivity index (χ2v) is 2.97. The molecule has 0 amide bonds. The highest BCUT2D eigenvalue weighted by Crippen LogP contribution is 2.13. The molecule has 1 rings (SSSR count). The molecule has 0 unspecified atom stereocenters. The minimum Gasteiger partial charge on any atom is -0.398 e. The molecule has 0 saturated heterocycles. The molecule has 0 fully saturated rings. The highest BCUT2D eigenvalue weighted by atomic mass is 32.1. The highest BCUT2D eigenvalue weighted by Gasteiger charge is 2.03. The van der Waals surface area contributed by atoms with E-state index in [1.54, 1.807) is 0 Å². The largest absolute Gasteiger partial charge is 0.398 e. The summed E-state index contributed by atoms with van der Waals surface area (Å²) in [4.78, 5) is 0.469. The maximum Gasteiger partial charge on any atom is 0.122 e. The fourth-order valence-electron chi connectivity index (χ4n) is 0.945. The summed E-state index contributed by atoms with van der Waals surface area (Å²) >= 11 is 4.95. The van der Waals surface area contributed by atoms with Gasteiger partial charge in [0.15, 0.2) is 0 Å². The van der Waals surface area contributed by atoms with Gasteiger partial charge in [-0.05, 0) is 19.1 Å². The molecule has 0 heterocycles. The Morgan fingerprint density at radius 1 is 1.50 bits per heavy atom. The number of aryl methyl sites for hydroxylation is 1. The van der Waals surface area contributed by atoms with Crippen LogP contribution >= 0.6 is 12.2 Å². The number of nitrogens with one attached hydrogen (secondary N) is 1. The van der Waals surface area contributed by atoms with Crippen LogP contribution < -0.4 is 17.0 Å².